The van der Waals surface area contributed by atoms with Crippen LogP contribution in [0.4, 0.5) is 0 Å². The fraction of sp³-hybridized carbons (Fsp3) is 0.529. The number of nitrogens with one attached hydrogen (secondary N) is 1. The minimum Gasteiger partial charge on any atom is -0.462 e. The fourth-order valence-electron chi connectivity index (χ4n) is 4.23. The molecule has 2 saturated carbocycles. The number of nitrogens with zero attached hydrogens (tertiary/aromatic N) is 1. The average Bonchev–Trinajstić information content (AvgIpc) is 3.30. The van der Waals surface area contributed by atoms with Gasteiger partial charge in [0, 0.05) is 23.4 Å². The van der Waals surface area contributed by atoms with E-state index in [0.29, 0.717) is 23.3 Å². The van der Waals surface area contributed by atoms with Gasteiger partial charge in [-0.1, -0.05) is 0 Å². The van der Waals surface area contributed by atoms with Crippen LogP contribution in [0, 0.1) is 24.7 Å². The van der Waals surface area contributed by atoms with Crippen molar-refractivity contribution in [3.8, 4) is 10.8 Å². The van der Waals surface area contributed by atoms with Gasteiger partial charge in [-0.2, -0.15) is 0 Å². The molecule has 0 radical (unpaired) electrons. The molecule has 4 atom stereocenters. The summed E-state index contributed by atoms with van der Waals surface area (Å²) in [5.41, 5.74) is 0.473. The van der Waals surface area contributed by atoms with E-state index in [-0.39, 0.29) is 24.5 Å². The Bertz CT molecular complexity index is 710. The van der Waals surface area contributed by atoms with Crippen LogP contribution in [-0.4, -0.2) is 28.6 Å². The van der Waals surface area contributed by atoms with E-state index < -0.39 is 0 Å². The van der Waals surface area contributed by atoms with Crippen LogP contribution in [-0.2, 0) is 0 Å². The first-order valence-corrected chi connectivity index (χ1v) is 8.92. The summed E-state index contributed by atoms with van der Waals surface area (Å²) in [6.45, 7) is 2.06. The number of hydrogen-bond acceptors (Lipinski definition) is 5. The van der Waals surface area contributed by atoms with Crippen LogP contribution in [0.3, 0.4) is 0 Å². The maximum atomic E-state index is 12.7. The second-order valence-electron chi connectivity index (χ2n) is 6.58. The highest BCUT2D eigenvalue weighted by Crippen LogP contribution is 2.48. The number of aryl methyl sites for hydroxylation is 1. The topological polar surface area (TPSA) is 75.4 Å². The lowest BCUT2D eigenvalue weighted by Crippen LogP contribution is -2.45. The minimum absolute atomic E-state index is 0.0828. The first-order valence-electron chi connectivity index (χ1n) is 8.10. The Morgan fingerprint density at radius 3 is 3.04 bits per heavy atom. The molecule has 0 aromatic carbocycles. The molecular formula is C17H20N2O3S. The number of carbonyl (C=O) groups excluding carboxylic acids is 1. The Labute approximate surface area is 138 Å². The molecule has 23 heavy (non-hydrogen) atoms. The van der Waals surface area contributed by atoms with E-state index in [1.807, 2.05) is 19.1 Å². The lowest BCUT2D eigenvalue weighted by Gasteiger charge is -2.30. The van der Waals surface area contributed by atoms with Gasteiger partial charge < -0.3 is 14.8 Å². The predicted molar refractivity (Wildman–Crippen MR) is 87.2 cm³/mol. The third-order valence-electron chi connectivity index (χ3n) is 5.34. The smallest absolute Gasteiger partial charge is 0.271 e. The highest BCUT2D eigenvalue weighted by Gasteiger charge is 2.47. The molecule has 6 heteroatoms. The highest BCUT2D eigenvalue weighted by molar-refractivity contribution is 7.15. The van der Waals surface area contributed by atoms with Gasteiger partial charge in [-0.3, -0.25) is 4.79 Å². The van der Waals surface area contributed by atoms with Crippen molar-refractivity contribution in [2.24, 2.45) is 17.8 Å². The number of furan rings is 1. The molecule has 2 aromatic heterocycles. The Hall–Kier alpha value is -1.66. The summed E-state index contributed by atoms with van der Waals surface area (Å²) < 4.78 is 5.36. The number of thiazole rings is 1. The normalized spacial score (nSPS) is 29.1. The van der Waals surface area contributed by atoms with Gasteiger partial charge in [0.1, 0.15) is 5.69 Å². The lowest BCUT2D eigenvalue weighted by molar-refractivity contribution is 0.0857. The second-order valence-corrected chi connectivity index (χ2v) is 7.78. The first kappa shape index (κ1) is 14.9. The number of hydrogen-bond donors (Lipinski definition) is 2. The summed E-state index contributed by atoms with van der Waals surface area (Å²) in [6.07, 6.45) is 5.07. The van der Waals surface area contributed by atoms with Gasteiger partial charge in [-0.25, -0.2) is 4.98 Å². The fourth-order valence-corrected chi connectivity index (χ4v) is 5.11. The summed E-state index contributed by atoms with van der Waals surface area (Å²) in [7, 11) is 0. The molecule has 4 rings (SSSR count). The molecule has 122 valence electrons. The summed E-state index contributed by atoms with van der Waals surface area (Å²) in [6, 6.07) is 3.74. The first-order chi connectivity index (χ1) is 11.2. The van der Waals surface area contributed by atoms with E-state index in [2.05, 4.69) is 10.3 Å². The van der Waals surface area contributed by atoms with E-state index in [0.717, 1.165) is 22.7 Å². The van der Waals surface area contributed by atoms with Crippen LogP contribution in [0.15, 0.2) is 22.8 Å². The Balaban J connectivity index is 1.53. The number of aliphatic hydroxyl groups excluding tert-OH is 1. The summed E-state index contributed by atoms with van der Waals surface area (Å²) in [4.78, 5) is 18.0. The van der Waals surface area contributed by atoms with Gasteiger partial charge in [0.05, 0.1) is 6.26 Å². The monoisotopic (exact) mass is 332 g/mol. The molecule has 0 saturated heterocycles. The molecule has 2 N–H and O–H groups in total. The summed E-state index contributed by atoms with van der Waals surface area (Å²) >= 11 is 1.47. The molecule has 2 aliphatic rings. The molecule has 0 spiro atoms. The molecule has 5 nitrogen and oxygen atoms in total. The maximum absolute atomic E-state index is 12.7. The Kier molecular flexibility index (Phi) is 3.73. The van der Waals surface area contributed by atoms with Crippen LogP contribution in [0.1, 0.15) is 34.6 Å². The number of carbonyl (C=O) groups is 1. The number of amides is 1. The van der Waals surface area contributed by atoms with Gasteiger partial charge in [0.2, 0.25) is 0 Å². The van der Waals surface area contributed by atoms with Gasteiger partial charge in [-0.15, -0.1) is 11.3 Å². The van der Waals surface area contributed by atoms with Gasteiger partial charge >= 0.3 is 0 Å². The molecular weight excluding hydrogens is 312 g/mol. The van der Waals surface area contributed by atoms with Crippen molar-refractivity contribution >= 4 is 17.2 Å². The summed E-state index contributed by atoms with van der Waals surface area (Å²) in [5, 5.41) is 13.5. The van der Waals surface area contributed by atoms with Crippen molar-refractivity contribution in [3.63, 3.8) is 0 Å². The molecule has 1 amide bonds. The predicted octanol–water partition coefficient (Wildman–Crippen LogP) is 2.85. The van der Waals surface area contributed by atoms with Crippen molar-refractivity contribution < 1.29 is 14.3 Å². The van der Waals surface area contributed by atoms with E-state index >= 15 is 0 Å². The van der Waals surface area contributed by atoms with E-state index in [4.69, 9.17) is 4.42 Å². The largest absolute Gasteiger partial charge is 0.462 e. The van der Waals surface area contributed by atoms with Gasteiger partial charge in [0.15, 0.2) is 10.8 Å². The highest BCUT2D eigenvalue weighted by atomic mass is 32.1. The SMILES string of the molecule is Cc1sc(-c2ccco2)nc1C(=O)NC1C2CCC(C2)C1CO. The average molecular weight is 332 g/mol. The third kappa shape index (κ3) is 2.50. The quantitative estimate of drug-likeness (QED) is 0.903. The van der Waals surface area contributed by atoms with Crippen molar-refractivity contribution in [1.29, 1.82) is 0 Å². The van der Waals surface area contributed by atoms with E-state index in [9.17, 15) is 9.90 Å². The number of fused-ring (bicyclic) bond motifs is 2. The maximum Gasteiger partial charge on any atom is 0.271 e. The van der Waals surface area contributed by atoms with E-state index in [1.54, 1.807) is 6.26 Å². The molecule has 4 unspecified atom stereocenters. The van der Waals surface area contributed by atoms with Crippen LogP contribution >= 0.6 is 11.3 Å². The molecule has 2 aromatic rings. The Morgan fingerprint density at radius 2 is 2.30 bits per heavy atom. The number of rotatable bonds is 4. The summed E-state index contributed by atoms with van der Waals surface area (Å²) in [5.74, 6) is 1.81. The van der Waals surface area contributed by atoms with Crippen LogP contribution in [0.5, 0.6) is 0 Å². The second kappa shape index (κ2) is 5.76. The van der Waals surface area contributed by atoms with E-state index in [1.165, 1.54) is 17.8 Å². The molecule has 2 aliphatic carbocycles. The van der Waals surface area contributed by atoms with Crippen molar-refractivity contribution in [1.82, 2.24) is 10.3 Å². The van der Waals surface area contributed by atoms with Crippen LogP contribution in [0.2, 0.25) is 0 Å². The zero-order valence-electron chi connectivity index (χ0n) is 13.0. The zero-order valence-corrected chi connectivity index (χ0v) is 13.8. The third-order valence-corrected chi connectivity index (χ3v) is 6.33. The lowest BCUT2D eigenvalue weighted by atomic mass is 9.85. The van der Waals surface area contributed by atoms with Crippen molar-refractivity contribution in [2.45, 2.75) is 32.2 Å². The van der Waals surface area contributed by atoms with Gasteiger partial charge in [-0.05, 0) is 50.2 Å². The molecule has 2 bridgehead atoms. The minimum atomic E-state index is -0.132. The zero-order chi connectivity index (χ0) is 16.0. The number of aliphatic hydroxyl groups is 1. The van der Waals surface area contributed by atoms with Crippen LogP contribution < -0.4 is 5.32 Å². The van der Waals surface area contributed by atoms with Gasteiger partial charge in [0.25, 0.3) is 5.91 Å². The molecule has 2 fully saturated rings. The molecule has 0 aliphatic heterocycles. The van der Waals surface area contributed by atoms with Crippen LogP contribution in [0.25, 0.3) is 10.8 Å². The molecule has 2 heterocycles. The Morgan fingerprint density at radius 1 is 1.48 bits per heavy atom. The van der Waals surface area contributed by atoms with Crippen molar-refractivity contribution in [3.05, 3.63) is 29.0 Å². The van der Waals surface area contributed by atoms with Crippen molar-refractivity contribution in [2.75, 3.05) is 6.61 Å². The standard InChI is InChI=1S/C17H20N2O3S/c1-9-14(19-17(23-9)13-3-2-6-22-13)16(21)18-15-11-5-4-10(7-11)12(15)8-20/h2-3,6,10-12,15,20H,4-5,7-8H2,1H3,(H,18,21). The number of aromatic nitrogens is 1.